The van der Waals surface area contributed by atoms with Gasteiger partial charge in [-0.2, -0.15) is 0 Å². The quantitative estimate of drug-likeness (QED) is 0.833. The van der Waals surface area contributed by atoms with Gasteiger partial charge in [0.15, 0.2) is 0 Å². The number of hydrogen-bond donors (Lipinski definition) is 1. The fourth-order valence-corrected chi connectivity index (χ4v) is 2.68. The van der Waals surface area contributed by atoms with Crippen molar-refractivity contribution in [2.24, 2.45) is 5.73 Å². The molecular weight excluding hydrogens is 214 g/mol. The summed E-state index contributed by atoms with van der Waals surface area (Å²) in [4.78, 5) is 10.6. The van der Waals surface area contributed by atoms with Gasteiger partial charge in [-0.05, 0) is 25.7 Å². The summed E-state index contributed by atoms with van der Waals surface area (Å²) in [5.74, 6) is 0.477. The Morgan fingerprint density at radius 2 is 2.20 bits per heavy atom. The third-order valence-corrected chi connectivity index (χ3v) is 3.54. The molecule has 82 valence electrons. The van der Waals surface area contributed by atoms with Gasteiger partial charge < -0.3 is 10.5 Å². The maximum atomic E-state index is 10.6. The van der Waals surface area contributed by atoms with Gasteiger partial charge in [-0.1, -0.05) is 0 Å². The predicted molar refractivity (Wildman–Crippen MR) is 55.6 cm³/mol. The average molecular weight is 227 g/mol. The standard InChI is InChI=1S/C9H13N3O2S/c10-9(13)14-7-3-1-6(2-4-7)8-12-11-5-15-8/h5-7H,1-4H2,(H2,10,13). The first-order valence-electron chi connectivity index (χ1n) is 4.98. The first kappa shape index (κ1) is 10.4. The van der Waals surface area contributed by atoms with Crippen LogP contribution in [0.15, 0.2) is 5.51 Å². The Kier molecular flexibility index (Phi) is 3.15. The second-order valence-electron chi connectivity index (χ2n) is 3.69. The number of ether oxygens (including phenoxy) is 1. The molecule has 5 nitrogen and oxygen atoms in total. The average Bonchev–Trinajstić information content (AvgIpc) is 2.71. The Morgan fingerprint density at radius 3 is 2.73 bits per heavy atom. The number of amides is 1. The van der Waals surface area contributed by atoms with E-state index in [-0.39, 0.29) is 6.10 Å². The predicted octanol–water partition coefficient (Wildman–Crippen LogP) is 1.66. The fraction of sp³-hybridized carbons (Fsp3) is 0.667. The summed E-state index contributed by atoms with van der Waals surface area (Å²) in [6.07, 6.45) is 3.04. The van der Waals surface area contributed by atoms with Crippen LogP contribution in [0.2, 0.25) is 0 Å². The molecule has 0 aromatic carbocycles. The van der Waals surface area contributed by atoms with E-state index < -0.39 is 6.09 Å². The number of nitrogens with two attached hydrogens (primary N) is 1. The molecule has 2 N–H and O–H groups in total. The highest BCUT2D eigenvalue weighted by atomic mass is 32.1. The summed E-state index contributed by atoms with van der Waals surface area (Å²) in [7, 11) is 0. The van der Waals surface area contributed by atoms with Gasteiger partial charge in [0.25, 0.3) is 0 Å². The minimum absolute atomic E-state index is 0.00771. The van der Waals surface area contributed by atoms with Crippen LogP contribution in [0, 0.1) is 0 Å². The summed E-state index contributed by atoms with van der Waals surface area (Å²) >= 11 is 1.59. The van der Waals surface area contributed by atoms with Crippen LogP contribution in [0.3, 0.4) is 0 Å². The molecule has 1 amide bonds. The molecule has 6 heteroatoms. The zero-order valence-corrected chi connectivity index (χ0v) is 9.07. The minimum Gasteiger partial charge on any atom is -0.446 e. The number of carbonyl (C=O) groups is 1. The van der Waals surface area contributed by atoms with Crippen LogP contribution in [0.1, 0.15) is 36.6 Å². The highest BCUT2D eigenvalue weighted by Crippen LogP contribution is 2.34. The van der Waals surface area contributed by atoms with Crippen molar-refractivity contribution in [2.45, 2.75) is 37.7 Å². The van der Waals surface area contributed by atoms with Crippen LogP contribution in [0.4, 0.5) is 4.79 Å². The largest absolute Gasteiger partial charge is 0.446 e. The molecule has 0 spiro atoms. The van der Waals surface area contributed by atoms with E-state index in [9.17, 15) is 4.79 Å². The Labute approximate surface area is 91.6 Å². The Morgan fingerprint density at radius 1 is 1.47 bits per heavy atom. The van der Waals surface area contributed by atoms with Crippen molar-refractivity contribution >= 4 is 17.4 Å². The minimum atomic E-state index is -0.672. The summed E-state index contributed by atoms with van der Waals surface area (Å²) in [6, 6.07) is 0. The molecule has 0 radical (unpaired) electrons. The normalized spacial score (nSPS) is 26.1. The van der Waals surface area contributed by atoms with E-state index in [1.165, 1.54) is 0 Å². The molecule has 0 unspecified atom stereocenters. The van der Waals surface area contributed by atoms with Crippen molar-refractivity contribution in [3.8, 4) is 0 Å². The summed E-state index contributed by atoms with van der Waals surface area (Å²) in [6.45, 7) is 0. The lowest BCUT2D eigenvalue weighted by Gasteiger charge is -2.26. The molecule has 1 aliphatic rings. The molecular formula is C9H13N3O2S. The van der Waals surface area contributed by atoms with E-state index in [0.717, 1.165) is 30.7 Å². The molecule has 0 bridgehead atoms. The third kappa shape index (κ3) is 2.65. The van der Waals surface area contributed by atoms with Gasteiger partial charge in [0, 0.05) is 5.92 Å². The van der Waals surface area contributed by atoms with Crippen molar-refractivity contribution in [3.63, 3.8) is 0 Å². The lowest BCUT2D eigenvalue weighted by atomic mass is 9.88. The molecule has 15 heavy (non-hydrogen) atoms. The molecule has 1 fully saturated rings. The zero-order chi connectivity index (χ0) is 10.7. The van der Waals surface area contributed by atoms with Crippen molar-refractivity contribution in [2.75, 3.05) is 0 Å². The van der Waals surface area contributed by atoms with Gasteiger partial charge in [-0.25, -0.2) is 4.79 Å². The van der Waals surface area contributed by atoms with E-state index >= 15 is 0 Å². The first-order valence-corrected chi connectivity index (χ1v) is 5.86. The molecule has 1 aromatic rings. The van der Waals surface area contributed by atoms with Crippen molar-refractivity contribution in [1.29, 1.82) is 0 Å². The second kappa shape index (κ2) is 4.57. The molecule has 0 saturated heterocycles. The number of carbonyl (C=O) groups excluding carboxylic acids is 1. The molecule has 0 aliphatic heterocycles. The Balaban J connectivity index is 1.84. The van der Waals surface area contributed by atoms with Crippen molar-refractivity contribution < 1.29 is 9.53 Å². The number of rotatable bonds is 2. The smallest absolute Gasteiger partial charge is 0.404 e. The number of aromatic nitrogens is 2. The maximum absolute atomic E-state index is 10.6. The van der Waals surface area contributed by atoms with E-state index in [1.54, 1.807) is 16.8 Å². The monoisotopic (exact) mass is 227 g/mol. The fourth-order valence-electron chi connectivity index (χ4n) is 1.95. The lowest BCUT2D eigenvalue weighted by Crippen LogP contribution is -2.26. The van der Waals surface area contributed by atoms with E-state index in [1.807, 2.05) is 0 Å². The maximum Gasteiger partial charge on any atom is 0.404 e. The van der Waals surface area contributed by atoms with Gasteiger partial charge in [0.05, 0.1) is 0 Å². The van der Waals surface area contributed by atoms with E-state index in [2.05, 4.69) is 10.2 Å². The number of nitrogens with zero attached hydrogens (tertiary/aromatic N) is 2. The van der Waals surface area contributed by atoms with Gasteiger partial charge in [-0.3, -0.25) is 0 Å². The second-order valence-corrected chi connectivity index (χ2v) is 4.55. The summed E-state index contributed by atoms with van der Waals surface area (Å²) in [5.41, 5.74) is 6.72. The first-order chi connectivity index (χ1) is 7.25. The summed E-state index contributed by atoms with van der Waals surface area (Å²) in [5, 5.41) is 8.98. The highest BCUT2D eigenvalue weighted by Gasteiger charge is 2.25. The van der Waals surface area contributed by atoms with Crippen LogP contribution >= 0.6 is 11.3 Å². The molecule has 1 aromatic heterocycles. The summed E-state index contributed by atoms with van der Waals surface area (Å²) < 4.78 is 4.96. The SMILES string of the molecule is NC(=O)OC1CCC(c2nncs2)CC1. The Hall–Kier alpha value is -1.17. The van der Waals surface area contributed by atoms with Gasteiger partial charge >= 0.3 is 6.09 Å². The van der Waals surface area contributed by atoms with Gasteiger partial charge in [-0.15, -0.1) is 21.5 Å². The van der Waals surface area contributed by atoms with Crippen LogP contribution in [-0.2, 0) is 4.74 Å². The molecule has 1 heterocycles. The van der Waals surface area contributed by atoms with Crippen LogP contribution < -0.4 is 5.73 Å². The zero-order valence-electron chi connectivity index (χ0n) is 8.26. The molecule has 1 saturated carbocycles. The van der Waals surface area contributed by atoms with Crippen molar-refractivity contribution in [3.05, 3.63) is 10.5 Å². The van der Waals surface area contributed by atoms with E-state index in [4.69, 9.17) is 10.5 Å². The highest BCUT2D eigenvalue weighted by molar-refractivity contribution is 7.09. The number of primary amides is 1. The van der Waals surface area contributed by atoms with Crippen molar-refractivity contribution in [1.82, 2.24) is 10.2 Å². The van der Waals surface area contributed by atoms with Crippen LogP contribution in [0.25, 0.3) is 0 Å². The lowest BCUT2D eigenvalue weighted by molar-refractivity contribution is 0.0786. The topological polar surface area (TPSA) is 78.1 Å². The number of hydrogen-bond acceptors (Lipinski definition) is 5. The Bertz CT molecular complexity index is 320. The van der Waals surface area contributed by atoms with E-state index in [0.29, 0.717) is 5.92 Å². The van der Waals surface area contributed by atoms with Crippen LogP contribution in [-0.4, -0.2) is 22.4 Å². The van der Waals surface area contributed by atoms with Crippen LogP contribution in [0.5, 0.6) is 0 Å². The van der Waals surface area contributed by atoms with Gasteiger partial charge in [0.2, 0.25) is 0 Å². The molecule has 1 aliphatic carbocycles. The van der Waals surface area contributed by atoms with Gasteiger partial charge in [0.1, 0.15) is 16.6 Å². The third-order valence-electron chi connectivity index (χ3n) is 2.68. The molecule has 0 atom stereocenters. The molecule has 2 rings (SSSR count).